The van der Waals surface area contributed by atoms with Crippen molar-refractivity contribution in [3.05, 3.63) is 57.5 Å². The highest BCUT2D eigenvalue weighted by Crippen LogP contribution is 2.28. The first-order chi connectivity index (χ1) is 17.4. The van der Waals surface area contributed by atoms with Crippen LogP contribution in [0.3, 0.4) is 0 Å². The summed E-state index contributed by atoms with van der Waals surface area (Å²) in [7, 11) is -3.12. The van der Waals surface area contributed by atoms with Crippen LogP contribution in [0.2, 0.25) is 0 Å². The van der Waals surface area contributed by atoms with Gasteiger partial charge in [-0.05, 0) is 37.5 Å². The van der Waals surface area contributed by atoms with E-state index in [1.807, 2.05) is 0 Å². The zero-order valence-corrected chi connectivity index (χ0v) is 21.5. The van der Waals surface area contributed by atoms with Gasteiger partial charge in [0.2, 0.25) is 15.9 Å². The molecule has 200 valence electrons. The van der Waals surface area contributed by atoms with Crippen LogP contribution in [0.1, 0.15) is 41.4 Å². The van der Waals surface area contributed by atoms with Crippen molar-refractivity contribution in [2.75, 3.05) is 23.3 Å². The average Bonchev–Trinajstić information content (AvgIpc) is 2.82. The van der Waals surface area contributed by atoms with Crippen LogP contribution in [0.15, 0.2) is 35.1 Å². The summed E-state index contributed by atoms with van der Waals surface area (Å²) in [6, 6.07) is 6.30. The maximum Gasteiger partial charge on any atom is 0.338 e. The van der Waals surface area contributed by atoms with Gasteiger partial charge in [0.05, 0.1) is 30.2 Å². The number of sulfonamides is 1. The summed E-state index contributed by atoms with van der Waals surface area (Å²) >= 11 is 0. The molecule has 0 aliphatic carbocycles. The summed E-state index contributed by atoms with van der Waals surface area (Å²) in [5.41, 5.74) is 4.38. The molecule has 1 heterocycles. The molecule has 0 spiro atoms. The maximum atomic E-state index is 13.1. The number of nitrogens with zero attached hydrogens (tertiary/aromatic N) is 1. The Bertz CT molecular complexity index is 1340. The van der Waals surface area contributed by atoms with E-state index in [9.17, 15) is 27.6 Å². The third-order valence-electron chi connectivity index (χ3n) is 5.25. The van der Waals surface area contributed by atoms with Crippen molar-refractivity contribution in [1.82, 2.24) is 10.3 Å². The summed E-state index contributed by atoms with van der Waals surface area (Å²) in [5.74, 6) is -2.24. The second kappa shape index (κ2) is 12.7. The highest BCUT2D eigenvalue weighted by atomic mass is 32.2. The molecule has 6 N–H and O–H groups in total. The van der Waals surface area contributed by atoms with Crippen molar-refractivity contribution < 1.29 is 27.5 Å². The SMILES string of the molecule is COC(=O)c1ccccc1CS(=O)(=O)Nc1c(N(C(C)=O)[C@H](C=O)CCCNC(=N)N)cc(C)[nH]c1=O. The summed E-state index contributed by atoms with van der Waals surface area (Å²) in [5, 5.41) is 9.80. The Morgan fingerprint density at radius 2 is 1.97 bits per heavy atom. The normalized spacial score (nSPS) is 11.8. The number of aromatic nitrogens is 1. The minimum atomic E-state index is -4.28. The molecule has 13 nitrogen and oxygen atoms in total. The number of aryl methyl sites for hydroxylation is 1. The lowest BCUT2D eigenvalue weighted by atomic mass is 10.1. The maximum absolute atomic E-state index is 13.1. The standard InChI is InChI=1S/C23H30N6O7S/c1-14-11-19(29(15(2)31)17(12-30)8-6-10-26-23(24)25)20(21(32)27-14)28-37(34,35)13-16-7-4-5-9-18(16)22(33)36-3/h4-5,7,9,11-12,17,28H,6,8,10,13H2,1-3H3,(H,27,32)(H4,24,25,26)/t17-/m0/s1. The predicted octanol–water partition coefficient (Wildman–Crippen LogP) is 0.595. The molecule has 0 unspecified atom stereocenters. The molecular formula is C23H30N6O7S. The second-order valence-electron chi connectivity index (χ2n) is 8.13. The van der Waals surface area contributed by atoms with E-state index in [0.717, 1.165) is 4.90 Å². The van der Waals surface area contributed by atoms with Gasteiger partial charge < -0.3 is 30.5 Å². The number of methoxy groups -OCH3 is 1. The molecule has 0 aliphatic heterocycles. The molecule has 14 heteroatoms. The number of carbonyl (C=O) groups excluding carboxylic acids is 3. The van der Waals surface area contributed by atoms with Gasteiger partial charge in [0, 0.05) is 19.2 Å². The molecule has 0 aliphatic rings. The number of aldehydes is 1. The van der Waals surface area contributed by atoms with Crippen LogP contribution in [-0.2, 0) is 30.1 Å². The third kappa shape index (κ3) is 7.90. The monoisotopic (exact) mass is 534 g/mol. The molecule has 0 saturated carbocycles. The van der Waals surface area contributed by atoms with Crippen LogP contribution < -0.4 is 26.2 Å². The number of amides is 1. The number of benzene rings is 1. The lowest BCUT2D eigenvalue weighted by Crippen LogP contribution is -2.42. The van der Waals surface area contributed by atoms with Gasteiger partial charge in [0.1, 0.15) is 12.0 Å². The van der Waals surface area contributed by atoms with Crippen LogP contribution in [0.4, 0.5) is 11.4 Å². The number of ether oxygens (including phenoxy) is 1. The second-order valence-corrected chi connectivity index (χ2v) is 9.85. The fourth-order valence-electron chi connectivity index (χ4n) is 3.69. The van der Waals surface area contributed by atoms with E-state index in [-0.39, 0.29) is 35.7 Å². The zero-order valence-electron chi connectivity index (χ0n) is 20.7. The molecule has 37 heavy (non-hydrogen) atoms. The number of H-pyrrole nitrogens is 1. The molecule has 0 radical (unpaired) electrons. The summed E-state index contributed by atoms with van der Waals surface area (Å²) in [6.45, 7) is 2.99. The lowest BCUT2D eigenvalue weighted by molar-refractivity contribution is -0.119. The lowest BCUT2D eigenvalue weighted by Gasteiger charge is -2.29. The molecular weight excluding hydrogens is 504 g/mol. The first-order valence-corrected chi connectivity index (χ1v) is 12.8. The van der Waals surface area contributed by atoms with Crippen molar-refractivity contribution in [2.24, 2.45) is 5.73 Å². The number of guanidine groups is 1. The van der Waals surface area contributed by atoms with E-state index in [1.54, 1.807) is 19.1 Å². The smallest absolute Gasteiger partial charge is 0.338 e. The van der Waals surface area contributed by atoms with E-state index >= 15 is 0 Å². The summed E-state index contributed by atoms with van der Waals surface area (Å²) in [6.07, 6.45) is 1.02. The van der Waals surface area contributed by atoms with Crippen LogP contribution in [-0.4, -0.2) is 57.2 Å². The van der Waals surface area contributed by atoms with E-state index in [2.05, 4.69) is 15.0 Å². The molecule has 1 aromatic carbocycles. The molecule has 0 bridgehead atoms. The molecule has 2 rings (SSSR count). The van der Waals surface area contributed by atoms with Gasteiger partial charge in [-0.3, -0.25) is 19.7 Å². The Morgan fingerprint density at radius 3 is 2.57 bits per heavy atom. The largest absolute Gasteiger partial charge is 0.465 e. The highest BCUT2D eigenvalue weighted by molar-refractivity contribution is 7.91. The van der Waals surface area contributed by atoms with Gasteiger partial charge in [0.25, 0.3) is 5.56 Å². The van der Waals surface area contributed by atoms with Gasteiger partial charge in [-0.15, -0.1) is 0 Å². The Morgan fingerprint density at radius 1 is 1.30 bits per heavy atom. The van der Waals surface area contributed by atoms with Crippen molar-refractivity contribution in [2.45, 2.75) is 38.5 Å². The number of anilines is 2. The number of esters is 1. The van der Waals surface area contributed by atoms with Crippen molar-refractivity contribution in [3.63, 3.8) is 0 Å². The Labute approximate surface area is 213 Å². The minimum absolute atomic E-state index is 0.0407. The summed E-state index contributed by atoms with van der Waals surface area (Å²) < 4.78 is 33.1. The number of hydrogen-bond acceptors (Lipinski definition) is 8. The molecule has 1 atom stereocenters. The highest BCUT2D eigenvalue weighted by Gasteiger charge is 2.28. The van der Waals surface area contributed by atoms with Crippen molar-refractivity contribution in [1.29, 1.82) is 5.41 Å². The van der Waals surface area contributed by atoms with E-state index in [4.69, 9.17) is 15.9 Å². The number of rotatable bonds is 12. The van der Waals surface area contributed by atoms with Gasteiger partial charge >= 0.3 is 5.97 Å². The first kappa shape index (κ1) is 29.0. The van der Waals surface area contributed by atoms with Crippen LogP contribution >= 0.6 is 0 Å². The van der Waals surface area contributed by atoms with E-state index in [0.29, 0.717) is 18.4 Å². The average molecular weight is 535 g/mol. The fraction of sp³-hybridized carbons (Fsp3) is 0.348. The Hall–Kier alpha value is -4.20. The van der Waals surface area contributed by atoms with Crippen molar-refractivity contribution >= 4 is 45.5 Å². The van der Waals surface area contributed by atoms with Crippen LogP contribution in [0.5, 0.6) is 0 Å². The van der Waals surface area contributed by atoms with Gasteiger partial charge in [-0.1, -0.05) is 18.2 Å². The number of carbonyl (C=O) groups is 3. The van der Waals surface area contributed by atoms with Gasteiger partial charge in [0.15, 0.2) is 5.96 Å². The van der Waals surface area contributed by atoms with Crippen LogP contribution in [0.25, 0.3) is 0 Å². The Kier molecular flexibility index (Phi) is 9.94. The minimum Gasteiger partial charge on any atom is -0.465 e. The summed E-state index contributed by atoms with van der Waals surface area (Å²) in [4.78, 5) is 53.0. The molecule has 2 aromatic rings. The number of aromatic amines is 1. The van der Waals surface area contributed by atoms with E-state index in [1.165, 1.54) is 32.2 Å². The van der Waals surface area contributed by atoms with Gasteiger partial charge in [-0.25, -0.2) is 13.2 Å². The van der Waals surface area contributed by atoms with Gasteiger partial charge in [-0.2, -0.15) is 0 Å². The molecule has 0 saturated heterocycles. The first-order valence-electron chi connectivity index (χ1n) is 11.1. The molecule has 1 aromatic heterocycles. The topological polar surface area (TPSA) is 205 Å². The Balaban J connectivity index is 2.47. The third-order valence-corrected chi connectivity index (χ3v) is 6.46. The number of nitrogens with one attached hydrogen (secondary N) is 4. The predicted molar refractivity (Wildman–Crippen MR) is 138 cm³/mol. The number of nitrogens with two attached hydrogens (primary N) is 1. The quantitative estimate of drug-likeness (QED) is 0.0848. The van der Waals surface area contributed by atoms with Crippen molar-refractivity contribution in [3.8, 4) is 0 Å². The van der Waals surface area contributed by atoms with E-state index < -0.39 is 44.9 Å². The number of hydrogen-bond donors (Lipinski definition) is 5. The fourth-order valence-corrected chi connectivity index (χ4v) is 4.93. The number of pyridine rings is 1. The molecule has 1 amide bonds. The zero-order chi connectivity index (χ0) is 27.8. The van der Waals surface area contributed by atoms with Crippen LogP contribution in [0, 0.1) is 12.3 Å². The molecule has 0 fully saturated rings.